The Morgan fingerprint density at radius 2 is 2.07 bits per heavy atom. The Balaban J connectivity index is 2.61. The monoisotopic (exact) mass is 201 g/mol. The minimum atomic E-state index is -0.669. The third-order valence-corrected chi connectivity index (χ3v) is 2.88. The summed E-state index contributed by atoms with van der Waals surface area (Å²) in [6.45, 7) is 6.42. The Morgan fingerprint density at radius 1 is 1.50 bits per heavy atom. The van der Waals surface area contributed by atoms with E-state index in [1.54, 1.807) is 7.11 Å². The Kier molecular flexibility index (Phi) is 3.89. The molecule has 0 aromatic carbocycles. The number of rotatable bonds is 3. The number of ether oxygens (including phenoxy) is 2. The zero-order chi connectivity index (χ0) is 10.6. The van der Waals surface area contributed by atoms with Crippen LogP contribution in [-0.4, -0.2) is 49.8 Å². The number of nitrogens with zero attached hydrogens (tertiary/aromatic N) is 1. The van der Waals surface area contributed by atoms with Crippen molar-refractivity contribution in [3.63, 3.8) is 0 Å². The van der Waals surface area contributed by atoms with Gasteiger partial charge in [0.15, 0.2) is 0 Å². The van der Waals surface area contributed by atoms with Crippen LogP contribution < -0.4 is 0 Å². The molecule has 4 heteroatoms. The molecule has 1 aliphatic rings. The van der Waals surface area contributed by atoms with Crippen molar-refractivity contribution < 1.29 is 14.3 Å². The van der Waals surface area contributed by atoms with Crippen LogP contribution in [0, 0.1) is 0 Å². The molecule has 1 saturated heterocycles. The van der Waals surface area contributed by atoms with E-state index in [9.17, 15) is 4.79 Å². The fraction of sp³-hybridized carbons (Fsp3) is 0.900. The Bertz CT molecular complexity index is 196. The molecule has 1 aliphatic heterocycles. The van der Waals surface area contributed by atoms with Gasteiger partial charge in [-0.1, -0.05) is 6.92 Å². The van der Waals surface area contributed by atoms with Gasteiger partial charge in [-0.05, 0) is 13.3 Å². The minimum Gasteiger partial charge on any atom is -0.378 e. The first-order valence-corrected chi connectivity index (χ1v) is 5.06. The largest absolute Gasteiger partial charge is 0.378 e. The molecule has 0 radical (unpaired) electrons. The average Bonchev–Trinajstić information content (AvgIpc) is 2.28. The first-order chi connectivity index (χ1) is 6.64. The maximum absolute atomic E-state index is 12.0. The summed E-state index contributed by atoms with van der Waals surface area (Å²) in [4.78, 5) is 13.8. The van der Waals surface area contributed by atoms with Gasteiger partial charge in [0.05, 0.1) is 13.2 Å². The van der Waals surface area contributed by atoms with Crippen molar-refractivity contribution in [2.75, 3.05) is 33.4 Å². The summed E-state index contributed by atoms with van der Waals surface area (Å²) >= 11 is 0. The highest BCUT2D eigenvalue weighted by molar-refractivity contribution is 5.84. The zero-order valence-electron chi connectivity index (χ0n) is 9.21. The first kappa shape index (κ1) is 11.5. The molecule has 14 heavy (non-hydrogen) atoms. The highest BCUT2D eigenvalue weighted by Crippen LogP contribution is 2.18. The second-order valence-electron chi connectivity index (χ2n) is 3.69. The van der Waals surface area contributed by atoms with Crippen molar-refractivity contribution in [1.29, 1.82) is 0 Å². The topological polar surface area (TPSA) is 38.8 Å². The van der Waals surface area contributed by atoms with Crippen molar-refractivity contribution in [3.8, 4) is 0 Å². The predicted octanol–water partition coefficient (Wildman–Crippen LogP) is 0.660. The molecule has 0 aliphatic carbocycles. The van der Waals surface area contributed by atoms with Gasteiger partial charge in [-0.2, -0.15) is 0 Å². The fourth-order valence-electron chi connectivity index (χ4n) is 1.48. The second-order valence-corrected chi connectivity index (χ2v) is 3.69. The summed E-state index contributed by atoms with van der Waals surface area (Å²) < 4.78 is 10.5. The molecule has 0 spiro atoms. The van der Waals surface area contributed by atoms with E-state index >= 15 is 0 Å². The molecule has 0 bridgehead atoms. The standard InChI is InChI=1S/C10H19NO3/c1-4-10(2,13-3)9(12)11-5-7-14-8-6-11/h4-8H2,1-3H3. The molecule has 1 amide bonds. The molecule has 1 heterocycles. The summed E-state index contributed by atoms with van der Waals surface area (Å²) in [7, 11) is 1.59. The Hall–Kier alpha value is -0.610. The van der Waals surface area contributed by atoms with Crippen LogP contribution in [0.1, 0.15) is 20.3 Å². The molecule has 0 aromatic rings. The molecule has 82 valence electrons. The second kappa shape index (κ2) is 4.75. The van der Waals surface area contributed by atoms with E-state index in [1.807, 2.05) is 18.7 Å². The molecule has 1 unspecified atom stereocenters. The van der Waals surface area contributed by atoms with Crippen molar-refractivity contribution >= 4 is 5.91 Å². The van der Waals surface area contributed by atoms with Crippen LogP contribution >= 0.6 is 0 Å². The van der Waals surface area contributed by atoms with E-state index < -0.39 is 5.60 Å². The van der Waals surface area contributed by atoms with Crippen molar-refractivity contribution in [3.05, 3.63) is 0 Å². The van der Waals surface area contributed by atoms with Crippen LogP contribution in [-0.2, 0) is 14.3 Å². The quantitative estimate of drug-likeness (QED) is 0.673. The number of amides is 1. The van der Waals surface area contributed by atoms with Crippen molar-refractivity contribution in [2.24, 2.45) is 0 Å². The minimum absolute atomic E-state index is 0.0748. The Morgan fingerprint density at radius 3 is 2.50 bits per heavy atom. The molecule has 0 saturated carbocycles. The van der Waals surface area contributed by atoms with Gasteiger partial charge in [-0.25, -0.2) is 0 Å². The van der Waals surface area contributed by atoms with Crippen LogP contribution in [0.2, 0.25) is 0 Å². The highest BCUT2D eigenvalue weighted by Gasteiger charge is 2.35. The number of hydrogen-bond acceptors (Lipinski definition) is 3. The highest BCUT2D eigenvalue weighted by atomic mass is 16.5. The number of carbonyl (C=O) groups excluding carboxylic acids is 1. The van der Waals surface area contributed by atoms with Gasteiger partial charge >= 0.3 is 0 Å². The third kappa shape index (κ3) is 2.25. The fourth-order valence-corrected chi connectivity index (χ4v) is 1.48. The normalized spacial score (nSPS) is 21.8. The maximum Gasteiger partial charge on any atom is 0.254 e. The maximum atomic E-state index is 12.0. The van der Waals surface area contributed by atoms with Crippen LogP contribution in [0.4, 0.5) is 0 Å². The third-order valence-electron chi connectivity index (χ3n) is 2.88. The lowest BCUT2D eigenvalue weighted by Gasteiger charge is -2.34. The number of methoxy groups -OCH3 is 1. The van der Waals surface area contributed by atoms with Crippen LogP contribution in [0.3, 0.4) is 0 Å². The molecule has 1 fully saturated rings. The number of carbonyl (C=O) groups is 1. The van der Waals surface area contributed by atoms with Gasteiger partial charge in [-0.3, -0.25) is 4.79 Å². The summed E-state index contributed by atoms with van der Waals surface area (Å²) in [6, 6.07) is 0. The van der Waals surface area contributed by atoms with E-state index in [2.05, 4.69) is 0 Å². The van der Waals surface area contributed by atoms with Gasteiger partial charge in [0.2, 0.25) is 0 Å². The zero-order valence-corrected chi connectivity index (χ0v) is 9.21. The van der Waals surface area contributed by atoms with Crippen molar-refractivity contribution in [1.82, 2.24) is 4.90 Å². The van der Waals surface area contributed by atoms with Crippen LogP contribution in [0.5, 0.6) is 0 Å². The SMILES string of the molecule is CCC(C)(OC)C(=O)N1CCOCC1. The molecule has 0 aromatic heterocycles. The number of hydrogen-bond donors (Lipinski definition) is 0. The summed E-state index contributed by atoms with van der Waals surface area (Å²) in [5.41, 5.74) is -0.669. The molecule has 1 atom stereocenters. The van der Waals surface area contributed by atoms with Crippen LogP contribution in [0.25, 0.3) is 0 Å². The molecular formula is C10H19NO3. The summed E-state index contributed by atoms with van der Waals surface area (Å²) in [5, 5.41) is 0. The van der Waals surface area contributed by atoms with Gasteiger partial charge < -0.3 is 14.4 Å². The molecule has 4 nitrogen and oxygen atoms in total. The van der Waals surface area contributed by atoms with E-state index in [0.29, 0.717) is 32.7 Å². The van der Waals surface area contributed by atoms with Crippen LogP contribution in [0.15, 0.2) is 0 Å². The Labute approximate surface area is 85.2 Å². The average molecular weight is 201 g/mol. The lowest BCUT2D eigenvalue weighted by atomic mass is 10.0. The molecule has 0 N–H and O–H groups in total. The predicted molar refractivity (Wildman–Crippen MR) is 53.1 cm³/mol. The van der Waals surface area contributed by atoms with Gasteiger partial charge in [0.1, 0.15) is 5.60 Å². The molecule has 1 rings (SSSR count). The molecular weight excluding hydrogens is 182 g/mol. The number of morpholine rings is 1. The van der Waals surface area contributed by atoms with E-state index in [-0.39, 0.29) is 5.91 Å². The van der Waals surface area contributed by atoms with E-state index in [4.69, 9.17) is 9.47 Å². The first-order valence-electron chi connectivity index (χ1n) is 5.06. The van der Waals surface area contributed by atoms with Gasteiger partial charge in [-0.15, -0.1) is 0 Å². The van der Waals surface area contributed by atoms with E-state index in [0.717, 1.165) is 0 Å². The summed E-state index contributed by atoms with van der Waals surface area (Å²) in [5.74, 6) is 0.0748. The lowest BCUT2D eigenvalue weighted by molar-refractivity contribution is -0.157. The van der Waals surface area contributed by atoms with E-state index in [1.165, 1.54) is 0 Å². The van der Waals surface area contributed by atoms with Gasteiger partial charge in [0.25, 0.3) is 5.91 Å². The van der Waals surface area contributed by atoms with Crippen molar-refractivity contribution in [2.45, 2.75) is 25.9 Å². The smallest absolute Gasteiger partial charge is 0.254 e. The van der Waals surface area contributed by atoms with Gasteiger partial charge in [0, 0.05) is 20.2 Å². The lowest BCUT2D eigenvalue weighted by Crippen LogP contribution is -2.51. The summed E-state index contributed by atoms with van der Waals surface area (Å²) in [6.07, 6.45) is 0.694.